The highest BCUT2D eigenvalue weighted by atomic mass is 16.6. The van der Waals surface area contributed by atoms with Gasteiger partial charge in [0.1, 0.15) is 0 Å². The zero-order valence-corrected chi connectivity index (χ0v) is 15.0. The molecule has 0 radical (unpaired) electrons. The summed E-state index contributed by atoms with van der Waals surface area (Å²) < 4.78 is 5.46. The Morgan fingerprint density at radius 2 is 2.12 bits per heavy atom. The molecule has 2 rings (SSSR count). The third-order valence-corrected chi connectivity index (χ3v) is 4.07. The van der Waals surface area contributed by atoms with E-state index in [1.807, 2.05) is 13.8 Å². The topological polar surface area (TPSA) is 110 Å². The number of ether oxygens (including phenoxy) is 1. The minimum absolute atomic E-state index is 0.0414. The molecule has 0 aliphatic carbocycles. The Balaban J connectivity index is 2.35. The van der Waals surface area contributed by atoms with Gasteiger partial charge < -0.3 is 14.7 Å². The Kier molecular flexibility index (Phi) is 6.10. The van der Waals surface area contributed by atoms with Gasteiger partial charge in [-0.05, 0) is 32.8 Å². The number of Topliss-reactive ketones (excluding diaryl/α,β-unsaturated/α-hetero) is 1. The van der Waals surface area contributed by atoms with Gasteiger partial charge in [0.2, 0.25) is 0 Å². The fraction of sp³-hybridized carbons (Fsp3) is 0.444. The molecule has 26 heavy (non-hydrogen) atoms. The molecular weight excluding hydrogens is 340 g/mol. The molecule has 1 amide bonds. The van der Waals surface area contributed by atoms with E-state index in [2.05, 4.69) is 0 Å². The van der Waals surface area contributed by atoms with Crippen molar-refractivity contribution in [2.24, 2.45) is 0 Å². The van der Waals surface area contributed by atoms with E-state index in [4.69, 9.17) is 4.74 Å². The third-order valence-electron chi connectivity index (χ3n) is 4.07. The second-order valence-corrected chi connectivity index (χ2v) is 6.34. The number of nitro benzene ring substituents is 1. The average Bonchev–Trinajstić information content (AvgIpc) is 2.83. The molecular formula is C18H22N2O6. The lowest BCUT2D eigenvalue weighted by molar-refractivity contribution is -0.384. The Morgan fingerprint density at radius 3 is 2.69 bits per heavy atom. The highest BCUT2D eigenvalue weighted by molar-refractivity contribution is 6.08. The predicted octanol–water partition coefficient (Wildman–Crippen LogP) is 2.69. The smallest absolute Gasteiger partial charge is 0.290 e. The first-order valence-corrected chi connectivity index (χ1v) is 8.35. The lowest BCUT2D eigenvalue weighted by Crippen LogP contribution is -2.32. The molecule has 8 nitrogen and oxygen atoms in total. The summed E-state index contributed by atoms with van der Waals surface area (Å²) in [7, 11) is 0. The summed E-state index contributed by atoms with van der Waals surface area (Å²) in [6.07, 6.45) is 0.560. The van der Waals surface area contributed by atoms with Crippen LogP contribution in [0, 0.1) is 10.1 Å². The van der Waals surface area contributed by atoms with Crippen LogP contribution in [0.4, 0.5) is 5.69 Å². The van der Waals surface area contributed by atoms with E-state index in [0.717, 1.165) is 0 Å². The maximum Gasteiger partial charge on any atom is 0.290 e. The maximum absolute atomic E-state index is 12.4. The van der Waals surface area contributed by atoms with Crippen LogP contribution in [0.3, 0.4) is 0 Å². The van der Waals surface area contributed by atoms with Gasteiger partial charge in [-0.3, -0.25) is 19.7 Å². The fourth-order valence-electron chi connectivity index (χ4n) is 2.95. The standard InChI is InChI=1S/C18H22N2O6/c1-11(2)26-9-5-8-19-16(15(12(3)21)17(22)18(19)23)13-6-4-7-14(10-13)20(24)25/h4,6-7,10-11,16,22H,5,8-9H2,1-3H3. The lowest BCUT2D eigenvalue weighted by atomic mass is 9.96. The number of carbonyl (C=O) groups is 2. The van der Waals surface area contributed by atoms with Crippen LogP contribution in [0.25, 0.3) is 0 Å². The first-order valence-electron chi connectivity index (χ1n) is 8.35. The van der Waals surface area contributed by atoms with E-state index in [1.165, 1.54) is 30.0 Å². The molecule has 0 saturated carbocycles. The number of rotatable bonds is 8. The summed E-state index contributed by atoms with van der Waals surface area (Å²) in [5.74, 6) is -1.71. The Bertz CT molecular complexity index is 756. The van der Waals surface area contributed by atoms with Gasteiger partial charge in [-0.25, -0.2) is 0 Å². The molecule has 1 aliphatic heterocycles. The van der Waals surface area contributed by atoms with Crippen molar-refractivity contribution in [2.75, 3.05) is 13.2 Å². The molecule has 0 aromatic heterocycles. The van der Waals surface area contributed by atoms with Gasteiger partial charge in [-0.1, -0.05) is 12.1 Å². The second kappa shape index (κ2) is 8.09. The number of benzene rings is 1. The van der Waals surface area contributed by atoms with Crippen LogP contribution in [0.15, 0.2) is 35.6 Å². The van der Waals surface area contributed by atoms with Gasteiger partial charge in [0.15, 0.2) is 11.5 Å². The SMILES string of the molecule is CC(=O)C1=C(O)C(=O)N(CCCOC(C)C)C1c1cccc([N+](=O)[O-])c1. The molecule has 1 atom stereocenters. The number of carbonyl (C=O) groups excluding carboxylic acids is 2. The molecule has 0 bridgehead atoms. The van der Waals surface area contributed by atoms with Crippen LogP contribution in [-0.4, -0.2) is 45.9 Å². The van der Waals surface area contributed by atoms with Crippen molar-refractivity contribution in [3.05, 3.63) is 51.3 Å². The molecule has 0 spiro atoms. The van der Waals surface area contributed by atoms with Crippen molar-refractivity contribution < 1.29 is 24.4 Å². The van der Waals surface area contributed by atoms with E-state index in [-0.39, 0.29) is 23.9 Å². The van der Waals surface area contributed by atoms with Crippen LogP contribution in [0.2, 0.25) is 0 Å². The molecule has 8 heteroatoms. The van der Waals surface area contributed by atoms with Crippen molar-refractivity contribution in [2.45, 2.75) is 39.3 Å². The summed E-state index contributed by atoms with van der Waals surface area (Å²) in [6, 6.07) is 4.89. The summed E-state index contributed by atoms with van der Waals surface area (Å²) in [5.41, 5.74) is 0.221. The highest BCUT2D eigenvalue weighted by Gasteiger charge is 2.42. The maximum atomic E-state index is 12.4. The number of hydrogen-bond acceptors (Lipinski definition) is 6. The van der Waals surface area contributed by atoms with Crippen molar-refractivity contribution in [1.29, 1.82) is 0 Å². The molecule has 1 aromatic rings. The van der Waals surface area contributed by atoms with Gasteiger partial charge in [-0.2, -0.15) is 0 Å². The lowest BCUT2D eigenvalue weighted by Gasteiger charge is -2.26. The van der Waals surface area contributed by atoms with Crippen molar-refractivity contribution in [3.8, 4) is 0 Å². The van der Waals surface area contributed by atoms with Crippen LogP contribution in [-0.2, 0) is 14.3 Å². The summed E-state index contributed by atoms with van der Waals surface area (Å²) in [5, 5.41) is 21.2. The molecule has 0 saturated heterocycles. The monoisotopic (exact) mass is 362 g/mol. The Morgan fingerprint density at radius 1 is 1.42 bits per heavy atom. The van der Waals surface area contributed by atoms with E-state index in [9.17, 15) is 24.8 Å². The minimum Gasteiger partial charge on any atom is -0.503 e. The summed E-state index contributed by atoms with van der Waals surface area (Å²) in [4.78, 5) is 36.3. The van der Waals surface area contributed by atoms with Crippen LogP contribution in [0.1, 0.15) is 38.8 Å². The number of amides is 1. The van der Waals surface area contributed by atoms with Gasteiger partial charge in [-0.15, -0.1) is 0 Å². The Hall–Kier alpha value is -2.74. The number of nitro groups is 1. The number of aliphatic hydroxyl groups excluding tert-OH is 1. The van der Waals surface area contributed by atoms with E-state index in [0.29, 0.717) is 18.6 Å². The highest BCUT2D eigenvalue weighted by Crippen LogP contribution is 2.38. The summed E-state index contributed by atoms with van der Waals surface area (Å²) in [6.45, 7) is 5.72. The van der Waals surface area contributed by atoms with E-state index in [1.54, 1.807) is 6.07 Å². The second-order valence-electron chi connectivity index (χ2n) is 6.34. The largest absolute Gasteiger partial charge is 0.503 e. The number of non-ortho nitro benzene ring substituents is 1. The number of aliphatic hydroxyl groups is 1. The molecule has 1 N–H and O–H groups in total. The normalized spacial score (nSPS) is 17.3. The summed E-state index contributed by atoms with van der Waals surface area (Å²) >= 11 is 0. The zero-order chi connectivity index (χ0) is 19.4. The van der Waals surface area contributed by atoms with Crippen LogP contribution >= 0.6 is 0 Å². The van der Waals surface area contributed by atoms with Gasteiger partial charge in [0.25, 0.3) is 11.6 Å². The van der Waals surface area contributed by atoms with E-state index >= 15 is 0 Å². The quantitative estimate of drug-likeness (QED) is 0.432. The third kappa shape index (κ3) is 4.08. The van der Waals surface area contributed by atoms with Crippen LogP contribution < -0.4 is 0 Å². The molecule has 1 unspecified atom stereocenters. The Labute approximate surface area is 151 Å². The van der Waals surface area contributed by atoms with Gasteiger partial charge in [0, 0.05) is 25.3 Å². The first-order chi connectivity index (χ1) is 12.2. The van der Waals surface area contributed by atoms with Crippen molar-refractivity contribution >= 4 is 17.4 Å². The minimum atomic E-state index is -0.848. The molecule has 140 valence electrons. The number of nitrogens with zero attached hydrogens (tertiary/aromatic N) is 2. The van der Waals surface area contributed by atoms with Crippen LogP contribution in [0.5, 0.6) is 0 Å². The van der Waals surface area contributed by atoms with Gasteiger partial charge in [0.05, 0.1) is 22.6 Å². The molecule has 1 aliphatic rings. The van der Waals surface area contributed by atoms with E-state index < -0.39 is 28.4 Å². The fourth-order valence-corrected chi connectivity index (χ4v) is 2.95. The molecule has 0 fully saturated rings. The van der Waals surface area contributed by atoms with Gasteiger partial charge >= 0.3 is 0 Å². The van der Waals surface area contributed by atoms with Crippen molar-refractivity contribution in [1.82, 2.24) is 4.90 Å². The van der Waals surface area contributed by atoms with Crippen molar-refractivity contribution in [3.63, 3.8) is 0 Å². The zero-order valence-electron chi connectivity index (χ0n) is 15.0. The first kappa shape index (κ1) is 19.6. The predicted molar refractivity (Wildman–Crippen MR) is 93.6 cm³/mol. The number of ketones is 1. The number of hydrogen-bond donors (Lipinski definition) is 1. The molecule has 1 heterocycles. The molecule has 1 aromatic carbocycles. The average molecular weight is 362 g/mol.